The van der Waals surface area contributed by atoms with Gasteiger partial charge < -0.3 is 20.7 Å². The Labute approximate surface area is 88.9 Å². The molecule has 0 saturated heterocycles. The number of rotatable bonds is 6. The molecule has 0 saturated carbocycles. The van der Waals surface area contributed by atoms with E-state index >= 15 is 0 Å². The van der Waals surface area contributed by atoms with Gasteiger partial charge in [0.1, 0.15) is 5.84 Å². The molecule has 0 aliphatic carbocycles. The van der Waals surface area contributed by atoms with Crippen molar-refractivity contribution in [3.8, 4) is 0 Å². The Morgan fingerprint density at radius 2 is 2.53 bits per heavy atom. The van der Waals surface area contributed by atoms with Gasteiger partial charge in [-0.05, 0) is 12.5 Å². The van der Waals surface area contributed by atoms with Crippen molar-refractivity contribution in [1.29, 1.82) is 0 Å². The van der Waals surface area contributed by atoms with E-state index in [0.29, 0.717) is 6.42 Å². The Balaban J connectivity index is 2.34. The summed E-state index contributed by atoms with van der Waals surface area (Å²) >= 11 is 0. The maximum absolute atomic E-state index is 8.45. The lowest BCUT2D eigenvalue weighted by Crippen LogP contribution is -2.32. The van der Waals surface area contributed by atoms with Crippen LogP contribution in [0.15, 0.2) is 28.2 Å². The van der Waals surface area contributed by atoms with Crippen LogP contribution in [-0.4, -0.2) is 17.1 Å². The third-order valence-corrected chi connectivity index (χ3v) is 2.25. The zero-order valence-corrected chi connectivity index (χ0v) is 8.81. The molecule has 0 spiro atoms. The standard InChI is InChI=1S/C10H17N3O2/c1-2-9(5-10(11)13-14)12-6-8-3-4-15-7-8/h3-4,7,9,12,14H,2,5-6H2,1H3,(H2,11,13). The van der Waals surface area contributed by atoms with Crippen molar-refractivity contribution in [1.82, 2.24) is 5.32 Å². The van der Waals surface area contributed by atoms with Gasteiger partial charge in [0.15, 0.2) is 0 Å². The predicted octanol–water partition coefficient (Wildman–Crippen LogP) is 1.28. The highest BCUT2D eigenvalue weighted by molar-refractivity contribution is 5.80. The molecule has 0 aromatic carbocycles. The van der Waals surface area contributed by atoms with E-state index in [1.165, 1.54) is 0 Å². The summed E-state index contributed by atoms with van der Waals surface area (Å²) in [5, 5.41) is 14.7. The maximum Gasteiger partial charge on any atom is 0.140 e. The smallest absolute Gasteiger partial charge is 0.140 e. The van der Waals surface area contributed by atoms with Crippen LogP contribution < -0.4 is 11.1 Å². The van der Waals surface area contributed by atoms with Gasteiger partial charge in [-0.1, -0.05) is 12.1 Å². The summed E-state index contributed by atoms with van der Waals surface area (Å²) in [6.07, 6.45) is 4.81. The monoisotopic (exact) mass is 211 g/mol. The van der Waals surface area contributed by atoms with Crippen LogP contribution in [-0.2, 0) is 6.54 Å². The van der Waals surface area contributed by atoms with Crippen molar-refractivity contribution in [2.45, 2.75) is 32.4 Å². The molecule has 1 rings (SSSR count). The molecule has 0 fully saturated rings. The summed E-state index contributed by atoms with van der Waals surface area (Å²) in [5.41, 5.74) is 6.53. The molecule has 1 unspecified atom stereocenters. The minimum Gasteiger partial charge on any atom is -0.472 e. The Hall–Kier alpha value is -1.49. The van der Waals surface area contributed by atoms with Gasteiger partial charge >= 0.3 is 0 Å². The second-order valence-corrected chi connectivity index (χ2v) is 3.41. The molecular weight excluding hydrogens is 194 g/mol. The molecule has 4 N–H and O–H groups in total. The van der Waals surface area contributed by atoms with Gasteiger partial charge in [-0.2, -0.15) is 0 Å². The van der Waals surface area contributed by atoms with Gasteiger partial charge in [-0.25, -0.2) is 0 Å². The highest BCUT2D eigenvalue weighted by Crippen LogP contribution is 2.03. The third-order valence-electron chi connectivity index (χ3n) is 2.25. The highest BCUT2D eigenvalue weighted by atomic mass is 16.4. The normalized spacial score (nSPS) is 14.1. The van der Waals surface area contributed by atoms with Gasteiger partial charge in [0.2, 0.25) is 0 Å². The fourth-order valence-electron chi connectivity index (χ4n) is 1.31. The second-order valence-electron chi connectivity index (χ2n) is 3.41. The fourth-order valence-corrected chi connectivity index (χ4v) is 1.31. The van der Waals surface area contributed by atoms with Crippen LogP contribution >= 0.6 is 0 Å². The Kier molecular flexibility index (Phi) is 4.70. The molecule has 5 nitrogen and oxygen atoms in total. The van der Waals surface area contributed by atoms with Crippen LogP contribution in [0.25, 0.3) is 0 Å². The molecule has 0 aliphatic rings. The van der Waals surface area contributed by atoms with Crippen LogP contribution in [0.5, 0.6) is 0 Å². The van der Waals surface area contributed by atoms with E-state index in [2.05, 4.69) is 17.4 Å². The first-order valence-corrected chi connectivity index (χ1v) is 4.97. The van der Waals surface area contributed by atoms with Crippen LogP contribution in [0.3, 0.4) is 0 Å². The molecule has 1 atom stereocenters. The highest BCUT2D eigenvalue weighted by Gasteiger charge is 2.08. The number of hydrogen-bond acceptors (Lipinski definition) is 4. The van der Waals surface area contributed by atoms with E-state index in [4.69, 9.17) is 15.4 Å². The zero-order chi connectivity index (χ0) is 11.1. The second kappa shape index (κ2) is 6.08. The van der Waals surface area contributed by atoms with Crippen LogP contribution in [0.4, 0.5) is 0 Å². The molecule has 15 heavy (non-hydrogen) atoms. The topological polar surface area (TPSA) is 83.8 Å². The lowest BCUT2D eigenvalue weighted by Gasteiger charge is -2.15. The lowest BCUT2D eigenvalue weighted by atomic mass is 10.1. The van der Waals surface area contributed by atoms with E-state index in [9.17, 15) is 0 Å². The van der Waals surface area contributed by atoms with E-state index in [1.54, 1.807) is 12.5 Å². The number of hydrogen-bond donors (Lipinski definition) is 3. The van der Waals surface area contributed by atoms with E-state index in [1.807, 2.05) is 6.07 Å². The summed E-state index contributed by atoms with van der Waals surface area (Å²) in [4.78, 5) is 0. The molecule has 0 amide bonds. The van der Waals surface area contributed by atoms with Crippen molar-refractivity contribution in [3.05, 3.63) is 24.2 Å². The summed E-state index contributed by atoms with van der Waals surface area (Å²) in [6.45, 7) is 2.78. The van der Waals surface area contributed by atoms with Crippen LogP contribution in [0.1, 0.15) is 25.3 Å². The molecule has 84 valence electrons. The molecule has 0 bridgehead atoms. The average Bonchev–Trinajstić information content (AvgIpc) is 2.76. The molecule has 0 aliphatic heterocycles. The number of nitrogens with zero attached hydrogens (tertiary/aromatic N) is 1. The van der Waals surface area contributed by atoms with Crippen molar-refractivity contribution in [3.63, 3.8) is 0 Å². The van der Waals surface area contributed by atoms with Gasteiger partial charge in [0.05, 0.1) is 12.5 Å². The molecular formula is C10H17N3O2. The summed E-state index contributed by atoms with van der Waals surface area (Å²) < 4.78 is 4.95. The fraction of sp³-hybridized carbons (Fsp3) is 0.500. The summed E-state index contributed by atoms with van der Waals surface area (Å²) in [5.74, 6) is 0.251. The predicted molar refractivity (Wildman–Crippen MR) is 57.7 cm³/mol. The van der Waals surface area contributed by atoms with E-state index in [0.717, 1.165) is 18.5 Å². The van der Waals surface area contributed by atoms with E-state index < -0.39 is 0 Å². The summed E-state index contributed by atoms with van der Waals surface area (Å²) in [6, 6.07) is 2.12. The van der Waals surface area contributed by atoms with Gasteiger partial charge in [0.25, 0.3) is 0 Å². The zero-order valence-electron chi connectivity index (χ0n) is 8.81. The number of furan rings is 1. The van der Waals surface area contributed by atoms with Crippen LogP contribution in [0.2, 0.25) is 0 Å². The van der Waals surface area contributed by atoms with Crippen molar-refractivity contribution >= 4 is 5.84 Å². The van der Waals surface area contributed by atoms with Gasteiger partial charge in [-0.3, -0.25) is 0 Å². The molecule has 1 aromatic rings. The first kappa shape index (κ1) is 11.6. The minimum absolute atomic E-state index is 0.218. The Morgan fingerprint density at radius 3 is 3.07 bits per heavy atom. The quantitative estimate of drug-likeness (QED) is 0.286. The Bertz CT molecular complexity index is 296. The van der Waals surface area contributed by atoms with Gasteiger partial charge in [-0.15, -0.1) is 0 Å². The van der Waals surface area contributed by atoms with Crippen molar-refractivity contribution in [2.24, 2.45) is 10.9 Å². The molecule has 5 heteroatoms. The van der Waals surface area contributed by atoms with E-state index in [-0.39, 0.29) is 11.9 Å². The van der Waals surface area contributed by atoms with Gasteiger partial charge in [0, 0.05) is 24.6 Å². The molecule has 1 heterocycles. The first-order chi connectivity index (χ1) is 7.26. The largest absolute Gasteiger partial charge is 0.472 e. The Morgan fingerprint density at radius 1 is 1.73 bits per heavy atom. The third kappa shape index (κ3) is 4.03. The molecule has 1 aromatic heterocycles. The van der Waals surface area contributed by atoms with Crippen molar-refractivity contribution < 1.29 is 9.62 Å². The number of amidine groups is 1. The SMILES string of the molecule is CCC(C/C(N)=N/O)NCc1ccoc1. The van der Waals surface area contributed by atoms with Crippen molar-refractivity contribution in [2.75, 3.05) is 0 Å². The average molecular weight is 211 g/mol. The summed E-state index contributed by atoms with van der Waals surface area (Å²) in [7, 11) is 0. The minimum atomic E-state index is 0.218. The maximum atomic E-state index is 8.45. The molecule has 0 radical (unpaired) electrons. The number of nitrogens with two attached hydrogens (primary N) is 1. The lowest BCUT2D eigenvalue weighted by molar-refractivity contribution is 0.315. The number of nitrogens with one attached hydrogen (secondary N) is 1. The number of oxime groups is 1. The first-order valence-electron chi connectivity index (χ1n) is 4.97. The van der Waals surface area contributed by atoms with Crippen LogP contribution in [0, 0.1) is 0 Å².